The second-order valence-corrected chi connectivity index (χ2v) is 8.03. The van der Waals surface area contributed by atoms with E-state index in [9.17, 15) is 14.9 Å². The van der Waals surface area contributed by atoms with Crippen molar-refractivity contribution in [1.29, 1.82) is 0 Å². The van der Waals surface area contributed by atoms with Crippen LogP contribution in [0.2, 0.25) is 5.02 Å². The summed E-state index contributed by atoms with van der Waals surface area (Å²) in [5.74, 6) is -0.251. The lowest BCUT2D eigenvalue weighted by atomic mass is 10.2. The van der Waals surface area contributed by atoms with Crippen molar-refractivity contribution in [2.45, 2.75) is 0 Å². The molecule has 1 aliphatic heterocycles. The minimum atomic E-state index is -0.431. The Labute approximate surface area is 185 Å². The quantitative estimate of drug-likeness (QED) is 0.282. The van der Waals surface area contributed by atoms with E-state index < -0.39 is 4.92 Å². The number of carbonyl (C=O) groups excluding carboxylic acids is 1. The van der Waals surface area contributed by atoms with Crippen molar-refractivity contribution in [3.8, 4) is 0 Å². The summed E-state index contributed by atoms with van der Waals surface area (Å²) in [6.45, 7) is 2.05. The Bertz CT molecular complexity index is 935. The van der Waals surface area contributed by atoms with E-state index in [-0.39, 0.29) is 11.6 Å². The fourth-order valence-electron chi connectivity index (χ4n) is 2.99. The van der Waals surface area contributed by atoms with Crippen molar-refractivity contribution in [3.05, 3.63) is 66.7 Å². The van der Waals surface area contributed by atoms with Crippen LogP contribution >= 0.6 is 46.4 Å². The van der Waals surface area contributed by atoms with E-state index in [2.05, 4.69) is 27.9 Å². The van der Waals surface area contributed by atoms with Gasteiger partial charge in [0.25, 0.3) is 11.6 Å². The van der Waals surface area contributed by atoms with Gasteiger partial charge < -0.3 is 9.80 Å². The van der Waals surface area contributed by atoms with Gasteiger partial charge >= 0.3 is 0 Å². The van der Waals surface area contributed by atoms with Crippen molar-refractivity contribution in [2.75, 3.05) is 31.1 Å². The summed E-state index contributed by atoms with van der Waals surface area (Å²) < 4.78 is 0.844. The summed E-state index contributed by atoms with van der Waals surface area (Å²) in [5.41, 5.74) is 0.967. The van der Waals surface area contributed by atoms with Crippen LogP contribution in [0.4, 0.5) is 11.4 Å². The van der Waals surface area contributed by atoms with Gasteiger partial charge in [0.1, 0.15) is 5.69 Å². The largest absolute Gasteiger partial charge is 0.361 e. The molecule has 0 unspecified atom stereocenters. The number of hydrogen-bond donors (Lipinski definition) is 1. The van der Waals surface area contributed by atoms with Crippen LogP contribution in [-0.2, 0) is 0 Å². The minimum absolute atomic E-state index is 0.0181. The lowest BCUT2D eigenvalue weighted by Gasteiger charge is -2.37. The summed E-state index contributed by atoms with van der Waals surface area (Å²) in [4.78, 5) is 27.1. The number of benzene rings is 2. The number of rotatable bonds is 3. The highest BCUT2D eigenvalue weighted by atomic mass is 127. The van der Waals surface area contributed by atoms with Gasteiger partial charge in [-0.2, -0.15) is 0 Å². The van der Waals surface area contributed by atoms with Crippen LogP contribution in [0, 0.1) is 13.7 Å². The number of halogens is 2. The standard InChI is InChI=1S/C18H16ClIN4O3S/c19-13-5-3-7-15(24(26)27)16(13)22-8-10-23(11-9-22)18(28)21-17(25)12-4-1-2-6-14(12)20/h1-7H,8-11H2,(H,21,25,28). The van der Waals surface area contributed by atoms with E-state index in [1.807, 2.05) is 21.9 Å². The van der Waals surface area contributed by atoms with Crippen molar-refractivity contribution in [3.63, 3.8) is 0 Å². The molecule has 1 N–H and O–H groups in total. The molecule has 28 heavy (non-hydrogen) atoms. The maximum atomic E-state index is 12.4. The molecule has 0 atom stereocenters. The molecule has 2 aromatic carbocycles. The summed E-state index contributed by atoms with van der Waals surface area (Å²) in [6, 6.07) is 11.9. The normalized spacial score (nSPS) is 13.9. The Morgan fingerprint density at radius 2 is 1.82 bits per heavy atom. The molecule has 0 spiro atoms. The SMILES string of the molecule is O=C(NC(=S)N1CCN(c2c(Cl)cccc2[N+](=O)[O-])CC1)c1ccccc1I. The van der Waals surface area contributed by atoms with Crippen LogP contribution < -0.4 is 10.2 Å². The Hall–Kier alpha value is -1.98. The maximum Gasteiger partial charge on any atom is 0.294 e. The molecule has 0 bridgehead atoms. The van der Waals surface area contributed by atoms with Crippen LogP contribution in [0.3, 0.4) is 0 Å². The van der Waals surface area contributed by atoms with Gasteiger partial charge in [0.2, 0.25) is 0 Å². The third kappa shape index (κ3) is 4.53. The van der Waals surface area contributed by atoms with Gasteiger partial charge in [-0.3, -0.25) is 20.2 Å². The summed E-state index contributed by atoms with van der Waals surface area (Å²) >= 11 is 13.7. The number of hydrogen-bond acceptors (Lipinski definition) is 5. The van der Waals surface area contributed by atoms with Gasteiger partial charge in [0.15, 0.2) is 5.11 Å². The van der Waals surface area contributed by atoms with Gasteiger partial charge in [-0.15, -0.1) is 0 Å². The monoisotopic (exact) mass is 530 g/mol. The van der Waals surface area contributed by atoms with Crippen molar-refractivity contribution < 1.29 is 9.72 Å². The number of thiocarbonyl (C=S) groups is 1. The summed E-state index contributed by atoms with van der Waals surface area (Å²) in [7, 11) is 0. The molecule has 1 amide bonds. The number of nitro benzene ring substituents is 1. The molecule has 10 heteroatoms. The highest BCUT2D eigenvalue weighted by Crippen LogP contribution is 2.35. The predicted molar refractivity (Wildman–Crippen MR) is 121 cm³/mol. The van der Waals surface area contributed by atoms with Crippen LogP contribution in [-0.4, -0.2) is 47.0 Å². The third-order valence-electron chi connectivity index (χ3n) is 4.38. The molecule has 3 rings (SSSR count). The van der Waals surface area contributed by atoms with Crippen LogP contribution in [0.1, 0.15) is 10.4 Å². The first-order valence-electron chi connectivity index (χ1n) is 8.41. The van der Waals surface area contributed by atoms with E-state index in [0.29, 0.717) is 47.6 Å². The van der Waals surface area contributed by atoms with Crippen LogP contribution in [0.25, 0.3) is 0 Å². The first kappa shape index (κ1) is 20.7. The highest BCUT2D eigenvalue weighted by molar-refractivity contribution is 14.1. The molecular weight excluding hydrogens is 515 g/mol. The van der Waals surface area contributed by atoms with Crippen molar-refractivity contribution in [2.24, 2.45) is 0 Å². The second kappa shape index (κ2) is 9.01. The molecule has 0 radical (unpaired) electrons. The zero-order chi connectivity index (χ0) is 20.3. The Kier molecular flexibility index (Phi) is 6.68. The lowest BCUT2D eigenvalue weighted by Crippen LogP contribution is -2.53. The number of amides is 1. The number of anilines is 1. The zero-order valence-corrected chi connectivity index (χ0v) is 18.3. The zero-order valence-electron chi connectivity index (χ0n) is 14.6. The lowest BCUT2D eigenvalue weighted by molar-refractivity contribution is -0.384. The van der Waals surface area contributed by atoms with E-state index in [4.69, 9.17) is 23.8 Å². The number of nitro groups is 1. The summed E-state index contributed by atoms with van der Waals surface area (Å²) in [5, 5.41) is 14.8. The molecule has 0 saturated carbocycles. The minimum Gasteiger partial charge on any atom is -0.361 e. The topological polar surface area (TPSA) is 78.7 Å². The van der Waals surface area contributed by atoms with Crippen molar-refractivity contribution >= 4 is 68.8 Å². The first-order chi connectivity index (χ1) is 13.4. The van der Waals surface area contributed by atoms with E-state index in [1.165, 1.54) is 6.07 Å². The van der Waals surface area contributed by atoms with Gasteiger partial charge in [0, 0.05) is 35.8 Å². The Morgan fingerprint density at radius 3 is 2.46 bits per heavy atom. The molecule has 0 aliphatic carbocycles. The molecule has 1 saturated heterocycles. The number of para-hydroxylation sites is 1. The molecule has 1 heterocycles. The second-order valence-electron chi connectivity index (χ2n) is 6.08. The van der Waals surface area contributed by atoms with Gasteiger partial charge in [0.05, 0.1) is 15.5 Å². The van der Waals surface area contributed by atoms with Crippen molar-refractivity contribution in [1.82, 2.24) is 10.2 Å². The fourth-order valence-corrected chi connectivity index (χ4v) is 4.18. The maximum absolute atomic E-state index is 12.4. The number of nitrogens with one attached hydrogen (secondary N) is 1. The van der Waals surface area contributed by atoms with Gasteiger partial charge in [-0.25, -0.2) is 0 Å². The fraction of sp³-hybridized carbons (Fsp3) is 0.222. The predicted octanol–water partition coefficient (Wildman–Crippen LogP) is 3.69. The van der Waals surface area contributed by atoms with E-state index >= 15 is 0 Å². The Morgan fingerprint density at radius 1 is 1.14 bits per heavy atom. The third-order valence-corrected chi connectivity index (χ3v) is 5.99. The Balaban J connectivity index is 1.65. The average molecular weight is 531 g/mol. The number of carbonyl (C=O) groups is 1. The smallest absolute Gasteiger partial charge is 0.294 e. The molecule has 1 aliphatic rings. The van der Waals surface area contributed by atoms with E-state index in [1.54, 1.807) is 24.3 Å². The number of nitrogens with zero attached hydrogens (tertiary/aromatic N) is 3. The molecule has 1 fully saturated rings. The molecular formula is C18H16ClIN4O3S. The van der Waals surface area contributed by atoms with Gasteiger partial charge in [-0.05, 0) is 53.0 Å². The van der Waals surface area contributed by atoms with Crippen LogP contribution in [0.15, 0.2) is 42.5 Å². The number of piperazine rings is 1. The molecule has 0 aromatic heterocycles. The molecule has 2 aromatic rings. The first-order valence-corrected chi connectivity index (χ1v) is 10.3. The van der Waals surface area contributed by atoms with Crippen LogP contribution in [0.5, 0.6) is 0 Å². The van der Waals surface area contributed by atoms with E-state index in [0.717, 1.165) is 3.57 Å². The summed E-state index contributed by atoms with van der Waals surface area (Å²) in [6.07, 6.45) is 0. The highest BCUT2D eigenvalue weighted by Gasteiger charge is 2.27. The van der Waals surface area contributed by atoms with Gasteiger partial charge in [-0.1, -0.05) is 29.8 Å². The molecule has 146 valence electrons. The molecule has 7 nitrogen and oxygen atoms in total. The average Bonchev–Trinajstić information content (AvgIpc) is 2.68.